The monoisotopic (exact) mass is 325 g/mol. The van der Waals surface area contributed by atoms with Crippen LogP contribution < -0.4 is 5.56 Å². The van der Waals surface area contributed by atoms with Crippen LogP contribution in [0.4, 0.5) is 0 Å². The number of hydrogen-bond donors (Lipinski definition) is 1. The first-order chi connectivity index (χ1) is 11.7. The van der Waals surface area contributed by atoms with Crippen molar-refractivity contribution in [1.82, 2.24) is 25.2 Å². The molecule has 4 rings (SSSR count). The van der Waals surface area contributed by atoms with Gasteiger partial charge in [0.1, 0.15) is 16.9 Å². The summed E-state index contributed by atoms with van der Waals surface area (Å²) in [6.07, 6.45) is 2.04. The highest BCUT2D eigenvalue weighted by Gasteiger charge is 2.22. The Labute approximate surface area is 138 Å². The first-order valence-corrected chi connectivity index (χ1v) is 8.19. The first-order valence-electron chi connectivity index (χ1n) is 8.19. The average Bonchev–Trinajstić information content (AvgIpc) is 3.02. The molecule has 1 saturated heterocycles. The lowest BCUT2D eigenvalue weighted by Crippen LogP contribution is -2.33. The normalized spacial score (nSPS) is 16.7. The molecular formula is C17H19N5O2. The van der Waals surface area contributed by atoms with Crippen LogP contribution in [0.15, 0.2) is 33.7 Å². The molecule has 1 aliphatic rings. The van der Waals surface area contributed by atoms with Gasteiger partial charge in [-0.15, -0.1) is 0 Å². The van der Waals surface area contributed by atoms with Crippen molar-refractivity contribution in [2.75, 3.05) is 13.1 Å². The number of rotatable bonds is 3. The summed E-state index contributed by atoms with van der Waals surface area (Å²) in [5.41, 5.74) is 3.65. The number of fused-ring (bicyclic) bond motifs is 1. The zero-order valence-corrected chi connectivity index (χ0v) is 13.5. The van der Waals surface area contributed by atoms with Gasteiger partial charge in [0.05, 0.1) is 5.69 Å². The second-order valence-corrected chi connectivity index (χ2v) is 6.39. The number of benzene rings is 1. The topological polar surface area (TPSA) is 87.9 Å². The summed E-state index contributed by atoms with van der Waals surface area (Å²) >= 11 is 0. The van der Waals surface area contributed by atoms with Gasteiger partial charge in [-0.05, 0) is 60.9 Å². The molecule has 0 radical (unpaired) electrons. The van der Waals surface area contributed by atoms with Gasteiger partial charge in [0.25, 0.3) is 5.56 Å². The van der Waals surface area contributed by atoms with E-state index in [2.05, 4.69) is 31.2 Å². The van der Waals surface area contributed by atoms with Crippen LogP contribution in [0.1, 0.15) is 35.8 Å². The summed E-state index contributed by atoms with van der Waals surface area (Å²) in [5, 5.41) is 7.72. The van der Waals surface area contributed by atoms with Gasteiger partial charge in [-0.3, -0.25) is 9.69 Å². The van der Waals surface area contributed by atoms with Gasteiger partial charge in [-0.2, -0.15) is 0 Å². The number of nitrogens with zero attached hydrogens (tertiary/aromatic N) is 4. The Morgan fingerprint density at radius 1 is 1.21 bits per heavy atom. The maximum Gasteiger partial charge on any atom is 0.251 e. The summed E-state index contributed by atoms with van der Waals surface area (Å²) < 4.78 is 4.74. The number of aromatic nitrogens is 4. The minimum atomic E-state index is -0.0607. The number of likely N-dealkylation sites (tertiary alicyclic amines) is 1. The van der Waals surface area contributed by atoms with Crippen LogP contribution >= 0.6 is 0 Å². The van der Waals surface area contributed by atoms with Crippen molar-refractivity contribution in [3.63, 3.8) is 0 Å². The predicted molar refractivity (Wildman–Crippen MR) is 88.7 cm³/mol. The Balaban J connectivity index is 1.41. The summed E-state index contributed by atoms with van der Waals surface area (Å²) in [6.45, 7) is 4.70. The van der Waals surface area contributed by atoms with Crippen molar-refractivity contribution in [2.45, 2.75) is 32.2 Å². The summed E-state index contributed by atoms with van der Waals surface area (Å²) in [4.78, 5) is 21.2. The third-order valence-electron chi connectivity index (χ3n) is 4.61. The van der Waals surface area contributed by atoms with Gasteiger partial charge in [0.2, 0.25) is 0 Å². The molecule has 0 unspecified atom stereocenters. The Morgan fingerprint density at radius 3 is 2.79 bits per heavy atom. The Bertz CT molecular complexity index is 908. The minimum absolute atomic E-state index is 0.0607. The van der Waals surface area contributed by atoms with Crippen LogP contribution in [0.3, 0.4) is 0 Å². The molecule has 0 bridgehead atoms. The van der Waals surface area contributed by atoms with Crippen molar-refractivity contribution >= 4 is 11.0 Å². The Morgan fingerprint density at radius 2 is 2.00 bits per heavy atom. The molecule has 1 aromatic carbocycles. The quantitative estimate of drug-likeness (QED) is 0.792. The van der Waals surface area contributed by atoms with Crippen LogP contribution in [0.25, 0.3) is 11.0 Å². The van der Waals surface area contributed by atoms with E-state index in [1.54, 1.807) is 6.07 Å². The van der Waals surface area contributed by atoms with Crippen LogP contribution in [-0.4, -0.2) is 38.3 Å². The Hall–Kier alpha value is -2.54. The third kappa shape index (κ3) is 3.07. The Kier molecular flexibility index (Phi) is 3.86. The van der Waals surface area contributed by atoms with Crippen molar-refractivity contribution in [2.24, 2.45) is 0 Å². The molecule has 7 nitrogen and oxygen atoms in total. The van der Waals surface area contributed by atoms with E-state index in [4.69, 9.17) is 4.63 Å². The van der Waals surface area contributed by atoms with Crippen molar-refractivity contribution in [3.8, 4) is 0 Å². The van der Waals surface area contributed by atoms with Gasteiger partial charge >= 0.3 is 0 Å². The van der Waals surface area contributed by atoms with Crippen LogP contribution in [0.2, 0.25) is 0 Å². The van der Waals surface area contributed by atoms with Gasteiger partial charge < -0.3 is 4.98 Å². The smallest absolute Gasteiger partial charge is 0.251 e. The lowest BCUT2D eigenvalue weighted by atomic mass is 9.93. The van der Waals surface area contributed by atoms with E-state index < -0.39 is 0 Å². The molecule has 24 heavy (non-hydrogen) atoms. The van der Waals surface area contributed by atoms with Crippen LogP contribution in [0, 0.1) is 6.92 Å². The average molecular weight is 325 g/mol. The summed E-state index contributed by atoms with van der Waals surface area (Å²) in [7, 11) is 0. The summed E-state index contributed by atoms with van der Waals surface area (Å²) in [5.74, 6) is 1.05. The van der Waals surface area contributed by atoms with Gasteiger partial charge in [-0.25, -0.2) is 9.61 Å². The first kappa shape index (κ1) is 15.0. The number of hydrogen-bond acceptors (Lipinski definition) is 6. The zero-order valence-electron chi connectivity index (χ0n) is 13.5. The molecule has 0 aliphatic carbocycles. The van der Waals surface area contributed by atoms with Gasteiger partial charge in [0.15, 0.2) is 0 Å². The van der Waals surface area contributed by atoms with E-state index in [1.165, 1.54) is 5.56 Å². The molecule has 3 aromatic rings. The van der Waals surface area contributed by atoms with Gasteiger partial charge in [-0.1, -0.05) is 6.07 Å². The zero-order chi connectivity index (χ0) is 16.5. The van der Waals surface area contributed by atoms with E-state index in [0.717, 1.165) is 49.2 Å². The molecule has 1 aliphatic heterocycles. The predicted octanol–water partition coefficient (Wildman–Crippen LogP) is 1.99. The molecule has 3 heterocycles. The minimum Gasteiger partial charge on any atom is -0.311 e. The number of aryl methyl sites for hydroxylation is 1. The summed E-state index contributed by atoms with van der Waals surface area (Å²) in [6, 6.07) is 7.68. The molecule has 2 aromatic heterocycles. The lowest BCUT2D eigenvalue weighted by molar-refractivity contribution is 0.203. The van der Waals surface area contributed by atoms with Crippen molar-refractivity contribution in [3.05, 3.63) is 51.7 Å². The molecular weight excluding hydrogens is 306 g/mol. The molecule has 7 heteroatoms. The number of H-pyrrole nitrogens is 1. The van der Waals surface area contributed by atoms with E-state index >= 15 is 0 Å². The fourth-order valence-electron chi connectivity index (χ4n) is 3.38. The van der Waals surface area contributed by atoms with E-state index in [9.17, 15) is 4.79 Å². The van der Waals surface area contributed by atoms with Crippen LogP contribution in [-0.2, 0) is 6.54 Å². The highest BCUT2D eigenvalue weighted by molar-refractivity contribution is 5.73. The highest BCUT2D eigenvalue weighted by atomic mass is 16.6. The van der Waals surface area contributed by atoms with E-state index in [0.29, 0.717) is 11.7 Å². The second kappa shape index (κ2) is 6.16. The van der Waals surface area contributed by atoms with E-state index in [1.807, 2.05) is 19.1 Å². The maximum atomic E-state index is 11.6. The fourth-order valence-corrected chi connectivity index (χ4v) is 3.38. The third-order valence-corrected chi connectivity index (χ3v) is 4.61. The lowest BCUT2D eigenvalue weighted by Gasteiger charge is -2.31. The molecule has 0 saturated carbocycles. The molecule has 0 spiro atoms. The molecule has 1 N–H and O–H groups in total. The maximum absolute atomic E-state index is 11.6. The standard InChI is InChI=1S/C17H19N5O2/c1-11-18-15(9-17(23)19-11)13-4-6-22(7-5-13)10-12-2-3-14-16(8-12)21-24-20-14/h2-3,8-9,13H,4-7,10H2,1H3,(H,18,19,23). The number of aromatic amines is 1. The molecule has 0 atom stereocenters. The molecule has 124 valence electrons. The molecule has 0 amide bonds. The highest BCUT2D eigenvalue weighted by Crippen LogP contribution is 2.27. The van der Waals surface area contributed by atoms with Crippen LogP contribution in [0.5, 0.6) is 0 Å². The van der Waals surface area contributed by atoms with Crippen molar-refractivity contribution < 1.29 is 4.63 Å². The second-order valence-electron chi connectivity index (χ2n) is 6.39. The van der Waals surface area contributed by atoms with Crippen molar-refractivity contribution in [1.29, 1.82) is 0 Å². The van der Waals surface area contributed by atoms with Gasteiger partial charge in [0, 0.05) is 18.5 Å². The fraction of sp³-hybridized carbons (Fsp3) is 0.412. The number of piperidine rings is 1. The molecule has 1 fully saturated rings. The van der Waals surface area contributed by atoms with E-state index in [-0.39, 0.29) is 5.56 Å². The number of nitrogens with one attached hydrogen (secondary N) is 1. The largest absolute Gasteiger partial charge is 0.311 e. The SMILES string of the molecule is Cc1nc(C2CCN(Cc3ccc4nonc4c3)CC2)cc(=O)[nH]1.